The highest BCUT2D eigenvalue weighted by molar-refractivity contribution is 5.70. The maximum atomic E-state index is 11.4. The number of aromatic nitrogens is 2. The van der Waals surface area contributed by atoms with Crippen LogP contribution in [0, 0.1) is 16.0 Å². The van der Waals surface area contributed by atoms with Gasteiger partial charge in [-0.2, -0.15) is 0 Å². The number of aliphatic hydroxyl groups excluding tert-OH is 1. The van der Waals surface area contributed by atoms with Gasteiger partial charge in [-0.15, -0.1) is 0 Å². The van der Waals surface area contributed by atoms with Crippen LogP contribution in [0.4, 0.5) is 17.3 Å². The first-order valence-corrected chi connectivity index (χ1v) is 7.26. The smallest absolute Gasteiger partial charge is 0.353 e. The second-order valence-corrected chi connectivity index (χ2v) is 5.15. The molecule has 116 valence electrons. The molecule has 8 nitrogen and oxygen atoms in total. The fourth-order valence-electron chi connectivity index (χ4n) is 2.74. The highest BCUT2D eigenvalue weighted by Crippen LogP contribution is 2.34. The molecule has 0 bridgehead atoms. The number of hydrogen-bond donors (Lipinski definition) is 2. The van der Waals surface area contributed by atoms with Crippen LogP contribution in [0.1, 0.15) is 26.2 Å². The predicted octanol–water partition coefficient (Wildman–Crippen LogP) is 1.42. The van der Waals surface area contributed by atoms with Gasteiger partial charge in [0.05, 0.1) is 4.92 Å². The summed E-state index contributed by atoms with van der Waals surface area (Å²) in [6.07, 6.45) is 4.06. The normalized spacial score (nSPS) is 18.6. The first-order valence-electron chi connectivity index (χ1n) is 7.26. The molecule has 0 aliphatic carbocycles. The minimum absolute atomic E-state index is 0.0657. The van der Waals surface area contributed by atoms with Crippen LogP contribution in [0.3, 0.4) is 0 Å². The summed E-state index contributed by atoms with van der Waals surface area (Å²) in [4.78, 5) is 21.0. The lowest BCUT2D eigenvalue weighted by molar-refractivity contribution is -0.383. The van der Waals surface area contributed by atoms with E-state index in [9.17, 15) is 10.1 Å². The topological polar surface area (TPSA) is 104 Å². The highest BCUT2D eigenvalue weighted by atomic mass is 16.6. The van der Waals surface area contributed by atoms with Gasteiger partial charge in [0.15, 0.2) is 0 Å². The van der Waals surface area contributed by atoms with E-state index in [0.717, 1.165) is 25.8 Å². The molecule has 1 aliphatic heterocycles. The molecule has 1 unspecified atom stereocenters. The van der Waals surface area contributed by atoms with Crippen LogP contribution < -0.4 is 10.2 Å². The monoisotopic (exact) mass is 295 g/mol. The van der Waals surface area contributed by atoms with E-state index in [4.69, 9.17) is 5.11 Å². The Hall–Kier alpha value is -1.96. The Kier molecular flexibility index (Phi) is 5.26. The first kappa shape index (κ1) is 15.4. The Morgan fingerprint density at radius 2 is 2.38 bits per heavy atom. The van der Waals surface area contributed by atoms with Crippen LogP contribution >= 0.6 is 0 Å². The maximum absolute atomic E-state index is 11.4. The van der Waals surface area contributed by atoms with Gasteiger partial charge >= 0.3 is 5.69 Å². The standard InChI is InChI=1S/C13H21N5O3/c1-2-14-12-11(18(20)21)13(16-9-15-12)17-6-3-4-10(8-17)5-7-19/h9-10,19H,2-8H2,1H3,(H,14,15,16). The quantitative estimate of drug-likeness (QED) is 0.604. The van der Waals surface area contributed by atoms with Crippen LogP contribution in [0.15, 0.2) is 6.33 Å². The van der Waals surface area contributed by atoms with E-state index in [0.29, 0.717) is 24.8 Å². The molecule has 1 aromatic heterocycles. The van der Waals surface area contributed by atoms with Crippen LogP contribution in [0.25, 0.3) is 0 Å². The summed E-state index contributed by atoms with van der Waals surface area (Å²) >= 11 is 0. The second kappa shape index (κ2) is 7.16. The fourth-order valence-corrected chi connectivity index (χ4v) is 2.74. The largest absolute Gasteiger partial charge is 0.396 e. The van der Waals surface area contributed by atoms with E-state index < -0.39 is 4.92 Å². The third-order valence-electron chi connectivity index (χ3n) is 3.69. The number of hydrogen-bond acceptors (Lipinski definition) is 7. The average Bonchev–Trinajstić information content (AvgIpc) is 2.48. The van der Waals surface area contributed by atoms with Crippen molar-refractivity contribution >= 4 is 17.3 Å². The van der Waals surface area contributed by atoms with Gasteiger partial charge in [0.2, 0.25) is 11.6 Å². The predicted molar refractivity (Wildman–Crippen MR) is 79.5 cm³/mol. The molecule has 0 aromatic carbocycles. The first-order chi connectivity index (χ1) is 10.2. The van der Waals surface area contributed by atoms with Crippen molar-refractivity contribution in [3.63, 3.8) is 0 Å². The van der Waals surface area contributed by atoms with Gasteiger partial charge in [0.1, 0.15) is 6.33 Å². The Balaban J connectivity index is 2.29. The van der Waals surface area contributed by atoms with Crippen molar-refractivity contribution in [2.45, 2.75) is 26.2 Å². The van der Waals surface area contributed by atoms with Crippen molar-refractivity contribution < 1.29 is 10.0 Å². The summed E-state index contributed by atoms with van der Waals surface area (Å²) in [6.45, 7) is 4.00. The van der Waals surface area contributed by atoms with E-state index >= 15 is 0 Å². The minimum Gasteiger partial charge on any atom is -0.396 e. The van der Waals surface area contributed by atoms with Crippen molar-refractivity contribution in [2.75, 3.05) is 36.5 Å². The van der Waals surface area contributed by atoms with E-state index in [-0.39, 0.29) is 18.1 Å². The molecule has 1 atom stereocenters. The van der Waals surface area contributed by atoms with E-state index in [2.05, 4.69) is 15.3 Å². The average molecular weight is 295 g/mol. The van der Waals surface area contributed by atoms with Crippen molar-refractivity contribution in [3.8, 4) is 0 Å². The summed E-state index contributed by atoms with van der Waals surface area (Å²) in [7, 11) is 0. The van der Waals surface area contributed by atoms with Gasteiger partial charge in [-0.1, -0.05) is 0 Å². The van der Waals surface area contributed by atoms with E-state index in [1.165, 1.54) is 6.33 Å². The molecule has 0 radical (unpaired) electrons. The van der Waals surface area contributed by atoms with Crippen LogP contribution in [0.5, 0.6) is 0 Å². The lowest BCUT2D eigenvalue weighted by Gasteiger charge is -2.33. The lowest BCUT2D eigenvalue weighted by Crippen LogP contribution is -2.36. The molecule has 1 saturated heterocycles. The molecule has 2 rings (SSSR count). The Bertz CT molecular complexity index is 495. The third-order valence-corrected chi connectivity index (χ3v) is 3.69. The molecular weight excluding hydrogens is 274 g/mol. The molecule has 8 heteroatoms. The molecule has 0 saturated carbocycles. The van der Waals surface area contributed by atoms with E-state index in [1.807, 2.05) is 11.8 Å². The van der Waals surface area contributed by atoms with Gasteiger partial charge in [-0.3, -0.25) is 10.1 Å². The minimum atomic E-state index is -0.428. The summed E-state index contributed by atoms with van der Waals surface area (Å²) < 4.78 is 0. The zero-order valence-electron chi connectivity index (χ0n) is 12.2. The number of rotatable bonds is 6. The lowest BCUT2D eigenvalue weighted by atomic mass is 9.95. The molecule has 1 fully saturated rings. The summed E-state index contributed by atoms with van der Waals surface area (Å²) in [5.41, 5.74) is -0.0657. The number of nitrogens with one attached hydrogen (secondary N) is 1. The van der Waals surface area contributed by atoms with Gasteiger partial charge in [-0.05, 0) is 32.1 Å². The second-order valence-electron chi connectivity index (χ2n) is 5.15. The van der Waals surface area contributed by atoms with E-state index in [1.54, 1.807) is 0 Å². The number of nitro groups is 1. The maximum Gasteiger partial charge on any atom is 0.353 e. The van der Waals surface area contributed by atoms with Gasteiger partial charge in [-0.25, -0.2) is 9.97 Å². The Morgan fingerprint density at radius 1 is 1.57 bits per heavy atom. The summed E-state index contributed by atoms with van der Waals surface area (Å²) in [5, 5.41) is 23.4. The third kappa shape index (κ3) is 3.57. The summed E-state index contributed by atoms with van der Waals surface area (Å²) in [5.74, 6) is 0.978. The molecule has 1 aliphatic rings. The molecule has 0 spiro atoms. The fraction of sp³-hybridized carbons (Fsp3) is 0.692. The SMILES string of the molecule is CCNc1ncnc(N2CCCC(CCO)C2)c1[N+](=O)[O-]. The van der Waals surface area contributed by atoms with Crippen LogP contribution in [0.2, 0.25) is 0 Å². The van der Waals surface area contributed by atoms with Gasteiger partial charge < -0.3 is 15.3 Å². The molecular formula is C13H21N5O3. The molecule has 2 N–H and O–H groups in total. The van der Waals surface area contributed by atoms with Gasteiger partial charge in [0, 0.05) is 26.2 Å². The zero-order valence-corrected chi connectivity index (χ0v) is 12.2. The highest BCUT2D eigenvalue weighted by Gasteiger charge is 2.29. The molecule has 1 aromatic rings. The molecule has 21 heavy (non-hydrogen) atoms. The number of nitrogens with zero attached hydrogens (tertiary/aromatic N) is 4. The van der Waals surface area contributed by atoms with Crippen molar-refractivity contribution in [1.29, 1.82) is 0 Å². The van der Waals surface area contributed by atoms with Gasteiger partial charge in [0.25, 0.3) is 0 Å². The van der Waals surface area contributed by atoms with Crippen LogP contribution in [-0.2, 0) is 0 Å². The zero-order chi connectivity index (χ0) is 15.2. The molecule has 2 heterocycles. The number of aliphatic hydroxyl groups is 1. The Morgan fingerprint density at radius 3 is 3.05 bits per heavy atom. The molecule has 0 amide bonds. The summed E-state index contributed by atoms with van der Waals surface area (Å²) in [6, 6.07) is 0. The van der Waals surface area contributed by atoms with Crippen molar-refractivity contribution in [2.24, 2.45) is 5.92 Å². The number of piperidine rings is 1. The van der Waals surface area contributed by atoms with Crippen molar-refractivity contribution in [1.82, 2.24) is 9.97 Å². The number of anilines is 2. The Labute approximate surface area is 123 Å². The van der Waals surface area contributed by atoms with Crippen molar-refractivity contribution in [3.05, 3.63) is 16.4 Å². The van der Waals surface area contributed by atoms with Crippen LogP contribution in [-0.4, -0.2) is 46.2 Å².